The molecule has 0 amide bonds. The van der Waals surface area contributed by atoms with E-state index >= 15 is 0 Å². The molecule has 0 aliphatic carbocycles. The molecule has 0 aromatic heterocycles. The number of anilines is 2. The first-order valence-corrected chi connectivity index (χ1v) is 11.2. The summed E-state index contributed by atoms with van der Waals surface area (Å²) in [5, 5.41) is 30.2. The highest BCUT2D eigenvalue weighted by molar-refractivity contribution is 5.87. The van der Waals surface area contributed by atoms with Gasteiger partial charge in [-0.3, -0.25) is 4.99 Å². The van der Waals surface area contributed by atoms with Gasteiger partial charge in [0.05, 0.1) is 5.56 Å². The molecular weight excluding hydrogens is 428 g/mol. The predicted octanol–water partition coefficient (Wildman–Crippen LogP) is 4.94. The average molecular weight is 459 g/mol. The quantitative estimate of drug-likeness (QED) is 0.298. The summed E-state index contributed by atoms with van der Waals surface area (Å²) in [6.45, 7) is 18.8. The smallest absolute Gasteiger partial charge is 0.306 e. The molecule has 2 rings (SSSR count). The Morgan fingerprint density at radius 3 is 1.68 bits per heavy atom. The van der Waals surface area contributed by atoms with Crippen molar-refractivity contribution in [3.8, 4) is 17.6 Å². The first-order valence-electron chi connectivity index (χ1n) is 11.2. The van der Waals surface area contributed by atoms with Crippen LogP contribution in [0, 0.1) is 17.9 Å². The molecule has 0 saturated heterocycles. The molecule has 2 N–H and O–H groups in total. The van der Waals surface area contributed by atoms with E-state index in [0.29, 0.717) is 11.1 Å². The van der Waals surface area contributed by atoms with Crippen molar-refractivity contribution in [1.82, 2.24) is 0 Å². The van der Waals surface area contributed by atoms with Crippen LogP contribution in [-0.2, 0) is 0 Å². The fraction of sp³-hybridized carbons (Fsp3) is 0.308. The summed E-state index contributed by atoms with van der Waals surface area (Å²) in [5.41, 5.74) is 2.41. The minimum atomic E-state index is -0.217. The molecule has 176 valence electrons. The Balaban J connectivity index is 2.31. The van der Waals surface area contributed by atoms with Crippen molar-refractivity contribution in [3.05, 3.63) is 70.5 Å². The Bertz CT molecular complexity index is 1070. The summed E-state index contributed by atoms with van der Waals surface area (Å²) >= 11 is 0. The van der Waals surface area contributed by atoms with E-state index in [0.717, 1.165) is 37.6 Å². The van der Waals surface area contributed by atoms with Crippen LogP contribution < -0.4 is 9.80 Å². The van der Waals surface area contributed by atoms with Crippen molar-refractivity contribution in [2.24, 2.45) is 9.98 Å². The van der Waals surface area contributed by atoms with Gasteiger partial charge in [0, 0.05) is 61.5 Å². The fourth-order valence-corrected chi connectivity index (χ4v) is 3.40. The number of rotatable bonds is 10. The number of nitrogens with zero attached hydrogens (tertiary/aromatic N) is 6. The number of phenols is 2. The normalized spacial score (nSPS) is 11.8. The van der Waals surface area contributed by atoms with Gasteiger partial charge in [0.1, 0.15) is 23.8 Å². The Hall–Kier alpha value is -4.30. The van der Waals surface area contributed by atoms with Crippen LogP contribution >= 0.6 is 0 Å². The lowest BCUT2D eigenvalue weighted by molar-refractivity contribution is 0.474. The molecule has 34 heavy (non-hydrogen) atoms. The molecule has 0 spiro atoms. The zero-order valence-corrected chi connectivity index (χ0v) is 20.0. The number of nitriles is 1. The highest BCUT2D eigenvalue weighted by Gasteiger charge is 2.10. The van der Waals surface area contributed by atoms with Gasteiger partial charge in [-0.2, -0.15) is 5.26 Å². The third-order valence-corrected chi connectivity index (χ3v) is 5.37. The van der Waals surface area contributed by atoms with Crippen LogP contribution in [0.4, 0.5) is 11.4 Å². The molecule has 2 aromatic rings. The van der Waals surface area contributed by atoms with Gasteiger partial charge in [0.2, 0.25) is 0 Å². The first-order chi connectivity index (χ1) is 16.4. The number of hydrogen-bond donors (Lipinski definition) is 2. The highest BCUT2D eigenvalue weighted by Crippen LogP contribution is 2.25. The maximum Gasteiger partial charge on any atom is 0.306 e. The van der Waals surface area contributed by atoms with Gasteiger partial charge in [-0.15, -0.1) is 4.99 Å². The summed E-state index contributed by atoms with van der Waals surface area (Å²) in [4.78, 5) is 15.6. The van der Waals surface area contributed by atoms with E-state index < -0.39 is 0 Å². The Morgan fingerprint density at radius 2 is 1.32 bits per heavy atom. The van der Waals surface area contributed by atoms with Crippen LogP contribution in [0.15, 0.2) is 57.9 Å². The van der Waals surface area contributed by atoms with Crippen molar-refractivity contribution in [3.63, 3.8) is 0 Å². The molecule has 8 heteroatoms. The van der Waals surface area contributed by atoms with E-state index in [1.807, 2.05) is 45.9 Å². The van der Waals surface area contributed by atoms with Gasteiger partial charge in [0.15, 0.2) is 5.70 Å². The summed E-state index contributed by atoms with van der Waals surface area (Å²) < 4.78 is 0. The molecule has 0 fully saturated rings. The first kappa shape index (κ1) is 26.0. The highest BCUT2D eigenvalue weighted by atomic mass is 16.3. The second-order valence-electron chi connectivity index (χ2n) is 7.24. The van der Waals surface area contributed by atoms with E-state index in [9.17, 15) is 15.5 Å². The van der Waals surface area contributed by atoms with Gasteiger partial charge in [0.25, 0.3) is 0 Å². The Morgan fingerprint density at radius 1 is 0.882 bits per heavy atom. The second kappa shape index (κ2) is 12.7. The number of phenolic OH excluding ortho intramolecular Hbond substituents is 2. The standard InChI is InChI=1S/C26H30N6O2/c1-6-31(7-2)21-12-10-19(24(33)14-21)17-29-23(16-27)26(28-5)30-18-20-11-13-22(15-25(20)34)32(8-3)9-4/h10-15,17-18,33-34H,6-9H2,1-4H3/b26-23-,29-17?,30-18+. The van der Waals surface area contributed by atoms with Gasteiger partial charge in [-0.1, -0.05) is 6.57 Å². The van der Waals surface area contributed by atoms with Crippen molar-refractivity contribution < 1.29 is 10.2 Å². The van der Waals surface area contributed by atoms with Crippen molar-refractivity contribution in [2.75, 3.05) is 36.0 Å². The molecule has 0 radical (unpaired) electrons. The maximum absolute atomic E-state index is 10.4. The number of allylic oxidation sites excluding steroid dienone is 1. The summed E-state index contributed by atoms with van der Waals surface area (Å²) in [6.07, 6.45) is 2.66. The van der Waals surface area contributed by atoms with Crippen LogP contribution in [0.1, 0.15) is 38.8 Å². The monoisotopic (exact) mass is 458 g/mol. The van der Waals surface area contributed by atoms with Crippen molar-refractivity contribution in [2.45, 2.75) is 27.7 Å². The molecule has 8 nitrogen and oxygen atoms in total. The maximum atomic E-state index is 10.4. The minimum absolute atomic E-state index is 0.0246. The third-order valence-electron chi connectivity index (χ3n) is 5.37. The molecule has 0 aliphatic rings. The lowest BCUT2D eigenvalue weighted by Crippen LogP contribution is -2.21. The Labute approximate surface area is 201 Å². The van der Waals surface area contributed by atoms with Crippen LogP contribution in [0.25, 0.3) is 4.85 Å². The van der Waals surface area contributed by atoms with Crippen molar-refractivity contribution >= 4 is 23.8 Å². The fourth-order valence-electron chi connectivity index (χ4n) is 3.40. The topological polar surface area (TPSA) is 99.8 Å². The lowest BCUT2D eigenvalue weighted by Gasteiger charge is -2.21. The molecule has 0 bridgehead atoms. The third kappa shape index (κ3) is 6.36. The predicted molar refractivity (Wildman–Crippen MR) is 138 cm³/mol. The van der Waals surface area contributed by atoms with Crippen LogP contribution in [0.5, 0.6) is 11.5 Å². The SMILES string of the molecule is [C-]#[N+]C(/N=C/c1ccc(N(CC)CC)cc1O)=C(\C#N)N=Cc1ccc(N(CC)CC)cc1O. The number of hydrogen-bond acceptors (Lipinski definition) is 7. The van der Waals surface area contributed by atoms with Crippen LogP contribution in [0.3, 0.4) is 0 Å². The number of aromatic hydroxyl groups is 2. The van der Waals surface area contributed by atoms with E-state index in [-0.39, 0.29) is 23.0 Å². The van der Waals surface area contributed by atoms with Crippen LogP contribution in [-0.4, -0.2) is 48.8 Å². The molecule has 0 aliphatic heterocycles. The zero-order valence-electron chi connectivity index (χ0n) is 20.0. The molecule has 2 aromatic carbocycles. The second-order valence-corrected chi connectivity index (χ2v) is 7.24. The van der Waals surface area contributed by atoms with Crippen molar-refractivity contribution in [1.29, 1.82) is 5.26 Å². The number of aliphatic imine (C=N–C) groups is 2. The largest absolute Gasteiger partial charge is 0.507 e. The van der Waals surface area contributed by atoms with E-state index in [1.54, 1.807) is 24.3 Å². The average Bonchev–Trinajstić information content (AvgIpc) is 2.84. The molecule has 0 saturated carbocycles. The number of benzene rings is 2. The van der Waals surface area contributed by atoms with Gasteiger partial charge >= 0.3 is 5.82 Å². The molecule has 0 unspecified atom stereocenters. The van der Waals surface area contributed by atoms with Gasteiger partial charge in [-0.25, -0.2) is 0 Å². The van der Waals surface area contributed by atoms with E-state index in [2.05, 4.69) is 24.6 Å². The zero-order chi connectivity index (χ0) is 25.1. The summed E-state index contributed by atoms with van der Waals surface area (Å²) in [6, 6.07) is 12.3. The summed E-state index contributed by atoms with van der Waals surface area (Å²) in [7, 11) is 0. The molecule has 0 atom stereocenters. The van der Waals surface area contributed by atoms with Crippen LogP contribution in [0.2, 0.25) is 0 Å². The van der Waals surface area contributed by atoms with E-state index in [1.165, 1.54) is 12.4 Å². The lowest BCUT2D eigenvalue weighted by atomic mass is 10.1. The van der Waals surface area contributed by atoms with Gasteiger partial charge in [-0.05, 0) is 52.0 Å². The van der Waals surface area contributed by atoms with E-state index in [4.69, 9.17) is 6.57 Å². The molecule has 0 heterocycles. The van der Waals surface area contributed by atoms with Gasteiger partial charge < -0.3 is 24.9 Å². The summed E-state index contributed by atoms with van der Waals surface area (Å²) in [5.74, 6) is -0.167. The minimum Gasteiger partial charge on any atom is -0.507 e. The Kier molecular flexibility index (Phi) is 9.67. The molecular formula is C26H30N6O2.